The molecule has 0 aliphatic carbocycles. The van der Waals surface area contributed by atoms with Gasteiger partial charge in [-0.25, -0.2) is 18.9 Å². The number of amides is 3. The molecule has 0 unspecified atom stereocenters. The number of rotatable bonds is 19. The van der Waals surface area contributed by atoms with Crippen LogP contribution in [0.25, 0.3) is 33.3 Å². The maximum Gasteiger partial charge on any atom is 0.326 e. The lowest BCUT2D eigenvalue weighted by molar-refractivity contribution is -0.135. The number of hydrogen-bond donors (Lipinski definition) is 1. The molecule has 8 aromatic rings. The first-order valence-electron chi connectivity index (χ1n) is 25.3. The number of aliphatic imine (C=N–C) groups is 1. The minimum absolute atomic E-state index is 0.102. The molecule has 16 nitrogen and oxygen atoms in total. The van der Waals surface area contributed by atoms with Crippen molar-refractivity contribution in [3.63, 3.8) is 0 Å². The van der Waals surface area contributed by atoms with Gasteiger partial charge in [-0.05, 0) is 91.2 Å². The molecule has 2 atom stereocenters. The highest BCUT2D eigenvalue weighted by atomic mass is 35.5. The Kier molecular flexibility index (Phi) is 16.1. The third-order valence-corrected chi connectivity index (χ3v) is 13.9. The number of piperazine rings is 1. The number of methoxy groups -OCH3 is 1. The first-order chi connectivity index (χ1) is 37.4. The SMILES string of the molecule is COc1ccc(C2=N[C@H](c3ccc(Cl)cc3)[C@H](c3ccc(Cl)cc3)N2C(=O)N2CCN(CCOCCOCCC(=O)n3cc(-c4cnc5[nH]cc(-c6ccn(Cc7cccc(F)c7)c6)c5c4)cn3)C(=O)C2)c(OC(C)C)c1. The van der Waals surface area contributed by atoms with Gasteiger partial charge in [0.1, 0.15) is 41.4 Å². The molecular formula is C58H56Cl2FN9O7. The van der Waals surface area contributed by atoms with E-state index in [4.69, 9.17) is 47.1 Å². The molecule has 0 spiro atoms. The number of aromatic nitrogens is 5. The summed E-state index contributed by atoms with van der Waals surface area (Å²) in [5, 5.41) is 6.35. The Morgan fingerprint density at radius 2 is 1.58 bits per heavy atom. The van der Waals surface area contributed by atoms with Gasteiger partial charge in [0.05, 0.1) is 63.9 Å². The van der Waals surface area contributed by atoms with Crippen LogP contribution in [0.2, 0.25) is 10.0 Å². The van der Waals surface area contributed by atoms with Crippen LogP contribution in [0.1, 0.15) is 59.4 Å². The third-order valence-electron chi connectivity index (χ3n) is 13.4. The molecule has 2 aliphatic rings. The number of H-pyrrole nitrogens is 1. The lowest BCUT2D eigenvalue weighted by Gasteiger charge is -2.38. The topological polar surface area (TPSA) is 162 Å². The Morgan fingerprint density at radius 3 is 2.32 bits per heavy atom. The highest BCUT2D eigenvalue weighted by Crippen LogP contribution is 2.46. The van der Waals surface area contributed by atoms with Crippen LogP contribution in [0.15, 0.2) is 145 Å². The summed E-state index contributed by atoms with van der Waals surface area (Å²) < 4.78 is 40.5. The quantitative estimate of drug-likeness (QED) is 0.0777. The average Bonchev–Trinajstić information content (AvgIpc) is 4.32. The van der Waals surface area contributed by atoms with Gasteiger partial charge in [-0.15, -0.1) is 0 Å². The van der Waals surface area contributed by atoms with Crippen molar-refractivity contribution < 1.29 is 37.7 Å². The maximum atomic E-state index is 15.1. The molecule has 1 fully saturated rings. The minimum atomic E-state index is -0.622. The van der Waals surface area contributed by atoms with Gasteiger partial charge in [0, 0.05) is 101 Å². The van der Waals surface area contributed by atoms with E-state index in [0.717, 1.165) is 50.0 Å². The third kappa shape index (κ3) is 12.1. The molecule has 10 rings (SSSR count). The van der Waals surface area contributed by atoms with E-state index in [9.17, 15) is 14.0 Å². The van der Waals surface area contributed by atoms with Crippen LogP contribution < -0.4 is 9.47 Å². The lowest BCUT2D eigenvalue weighted by Crippen LogP contribution is -2.56. The number of carbonyl (C=O) groups is 3. The van der Waals surface area contributed by atoms with Crippen molar-refractivity contribution in [2.24, 2.45) is 4.99 Å². The molecule has 2 aliphatic heterocycles. The van der Waals surface area contributed by atoms with Gasteiger partial charge in [-0.1, -0.05) is 59.6 Å². The number of amidine groups is 1. The van der Waals surface area contributed by atoms with Gasteiger partial charge in [-0.2, -0.15) is 5.10 Å². The number of urea groups is 1. The fourth-order valence-corrected chi connectivity index (χ4v) is 9.86. The predicted octanol–water partition coefficient (Wildman–Crippen LogP) is 10.8. The van der Waals surface area contributed by atoms with Crippen molar-refractivity contribution in [2.75, 3.05) is 59.7 Å². The summed E-state index contributed by atoms with van der Waals surface area (Å²) in [6.07, 6.45) is 10.9. The zero-order valence-electron chi connectivity index (χ0n) is 42.7. The highest BCUT2D eigenvalue weighted by Gasteiger charge is 2.45. The van der Waals surface area contributed by atoms with Crippen LogP contribution in [-0.2, 0) is 20.8 Å². The highest BCUT2D eigenvalue weighted by molar-refractivity contribution is 6.30. The number of benzene rings is 4. The summed E-state index contributed by atoms with van der Waals surface area (Å²) in [6, 6.07) is 29.2. The summed E-state index contributed by atoms with van der Waals surface area (Å²) in [6.45, 7) is 6.06. The van der Waals surface area contributed by atoms with E-state index < -0.39 is 12.1 Å². The average molecular weight is 1080 g/mol. The molecule has 19 heteroatoms. The maximum absolute atomic E-state index is 15.1. The summed E-state index contributed by atoms with van der Waals surface area (Å²) in [4.78, 5) is 60.0. The predicted molar refractivity (Wildman–Crippen MR) is 292 cm³/mol. The van der Waals surface area contributed by atoms with Gasteiger partial charge in [0.2, 0.25) is 11.8 Å². The van der Waals surface area contributed by atoms with Gasteiger partial charge in [0.15, 0.2) is 0 Å². The largest absolute Gasteiger partial charge is 0.497 e. The molecule has 3 amide bonds. The van der Waals surface area contributed by atoms with Gasteiger partial charge in [0.25, 0.3) is 0 Å². The number of pyridine rings is 1. The molecule has 4 aromatic carbocycles. The van der Waals surface area contributed by atoms with E-state index in [2.05, 4.69) is 15.1 Å². The number of nitrogens with zero attached hydrogens (tertiary/aromatic N) is 8. The van der Waals surface area contributed by atoms with Crippen LogP contribution in [0, 0.1) is 5.82 Å². The van der Waals surface area contributed by atoms with Crippen LogP contribution in [0.3, 0.4) is 0 Å². The Balaban J connectivity index is 0.712. The smallest absolute Gasteiger partial charge is 0.326 e. The molecule has 6 heterocycles. The molecule has 0 radical (unpaired) electrons. The second-order valence-corrected chi connectivity index (χ2v) is 19.9. The van der Waals surface area contributed by atoms with E-state index in [-0.39, 0.29) is 75.7 Å². The number of carbonyl (C=O) groups excluding carboxylic acids is 3. The van der Waals surface area contributed by atoms with Gasteiger partial charge < -0.3 is 38.3 Å². The van der Waals surface area contributed by atoms with Crippen LogP contribution >= 0.6 is 23.2 Å². The zero-order valence-corrected chi connectivity index (χ0v) is 44.2. The van der Waals surface area contributed by atoms with Crippen molar-refractivity contribution in [3.05, 3.63) is 178 Å². The van der Waals surface area contributed by atoms with Crippen molar-refractivity contribution in [2.45, 2.75) is 45.0 Å². The molecule has 77 heavy (non-hydrogen) atoms. The Morgan fingerprint density at radius 1 is 0.818 bits per heavy atom. The van der Waals surface area contributed by atoms with Gasteiger partial charge >= 0.3 is 6.03 Å². The fraction of sp³-hybridized carbons (Fsp3) is 0.276. The van der Waals surface area contributed by atoms with Crippen molar-refractivity contribution in [1.29, 1.82) is 0 Å². The Labute approximate surface area is 454 Å². The zero-order chi connectivity index (χ0) is 53.6. The fourth-order valence-electron chi connectivity index (χ4n) is 9.60. The molecule has 0 saturated carbocycles. The van der Waals surface area contributed by atoms with Crippen molar-refractivity contribution >= 4 is 57.9 Å². The molecule has 1 saturated heterocycles. The summed E-state index contributed by atoms with van der Waals surface area (Å²) in [7, 11) is 1.58. The summed E-state index contributed by atoms with van der Waals surface area (Å²) in [5.41, 5.74) is 7.31. The number of fused-ring (bicyclic) bond motifs is 1. The molecule has 1 N–H and O–H groups in total. The minimum Gasteiger partial charge on any atom is -0.497 e. The van der Waals surface area contributed by atoms with Gasteiger partial charge in [-0.3, -0.25) is 19.5 Å². The number of hydrogen-bond acceptors (Lipinski definition) is 10. The van der Waals surface area contributed by atoms with E-state index in [0.29, 0.717) is 52.6 Å². The lowest BCUT2D eigenvalue weighted by atomic mass is 9.93. The van der Waals surface area contributed by atoms with E-state index in [1.54, 1.807) is 82.9 Å². The number of nitrogens with one attached hydrogen (secondary N) is 1. The van der Waals surface area contributed by atoms with Crippen LogP contribution in [0.5, 0.6) is 11.5 Å². The second kappa shape index (κ2) is 23.6. The monoisotopic (exact) mass is 1080 g/mol. The second-order valence-electron chi connectivity index (χ2n) is 19.0. The van der Waals surface area contributed by atoms with E-state index >= 15 is 4.79 Å². The number of ether oxygens (including phenoxy) is 4. The standard InChI is InChI=1S/C58H56Cl2FN9O7/c1-37(2)77-51-29-47(74-3)15-16-48(51)57-65-54(39-7-11-44(59)12-8-39)55(40-9-13-45(60)14-10-40)70(57)58(73)68-21-20-67(53(72)36-68)22-24-76-26-25-75-23-18-52(71)69-35-43(31-64-69)42-28-49-50(32-63-56(49)62-30-42)41-17-19-66(34-41)33-38-5-4-6-46(61)27-38/h4-17,19,27-32,34-35,37,54-55H,18,20-26,33,36H2,1-3H3,(H,62,63)/t54-,55+/m1/s1. The van der Waals surface area contributed by atoms with Crippen LogP contribution in [0.4, 0.5) is 9.18 Å². The number of aromatic amines is 1. The Bertz CT molecular complexity index is 3430. The summed E-state index contributed by atoms with van der Waals surface area (Å²) >= 11 is 12.7. The molecule has 396 valence electrons. The first kappa shape index (κ1) is 52.6. The summed E-state index contributed by atoms with van der Waals surface area (Å²) in [5.74, 6) is 0.747. The normalized spacial score (nSPS) is 15.7. The molecular weight excluding hydrogens is 1020 g/mol. The van der Waals surface area contributed by atoms with E-state index in [1.165, 1.54) is 16.8 Å². The Hall–Kier alpha value is -7.83. The van der Waals surface area contributed by atoms with Crippen LogP contribution in [-0.4, -0.2) is 129 Å². The molecule has 0 bridgehead atoms. The first-order valence-corrected chi connectivity index (χ1v) is 26.1. The van der Waals surface area contributed by atoms with Crippen molar-refractivity contribution in [3.8, 4) is 33.8 Å². The molecule has 4 aromatic heterocycles. The number of halogens is 3. The van der Waals surface area contributed by atoms with E-state index in [1.807, 2.05) is 85.5 Å². The van der Waals surface area contributed by atoms with Crippen molar-refractivity contribution in [1.82, 2.24) is 39.0 Å².